The molecule has 0 aromatic heterocycles. The van der Waals surface area contributed by atoms with Gasteiger partial charge in [-0.1, -0.05) is 79.7 Å². The zero-order valence-electron chi connectivity index (χ0n) is 15.2. The summed E-state index contributed by atoms with van der Waals surface area (Å²) < 4.78 is 0. The highest BCUT2D eigenvalue weighted by Gasteiger charge is 2.67. The fraction of sp³-hybridized carbons (Fsp3) is 0.700. The Balaban J connectivity index is 2.29. The fourth-order valence-corrected chi connectivity index (χ4v) is 3.92. The quantitative estimate of drug-likeness (QED) is 0.790. The van der Waals surface area contributed by atoms with Gasteiger partial charge in [0.05, 0.1) is 0 Å². The average Bonchev–Trinajstić information content (AvgIpc) is 2.76. The average molecular weight is 287 g/mol. The first-order valence-corrected chi connectivity index (χ1v) is 8.37. The van der Waals surface area contributed by atoms with E-state index in [-0.39, 0.29) is 5.41 Å². The molecule has 0 amide bonds. The van der Waals surface area contributed by atoms with Crippen molar-refractivity contribution in [1.29, 1.82) is 0 Å². The zero-order chi connectivity index (χ0) is 16.1. The van der Waals surface area contributed by atoms with E-state index in [0.29, 0.717) is 22.8 Å². The van der Waals surface area contributed by atoms with Crippen LogP contribution in [-0.4, -0.2) is 6.54 Å². The summed E-state index contributed by atoms with van der Waals surface area (Å²) in [5, 5.41) is 3.73. The molecule has 1 fully saturated rings. The van der Waals surface area contributed by atoms with Crippen LogP contribution in [0.1, 0.15) is 72.6 Å². The van der Waals surface area contributed by atoms with E-state index in [0.717, 1.165) is 6.54 Å². The highest BCUT2D eigenvalue weighted by molar-refractivity contribution is 5.32. The van der Waals surface area contributed by atoms with Crippen LogP contribution in [0, 0.1) is 16.7 Å². The summed E-state index contributed by atoms with van der Waals surface area (Å²) in [7, 11) is 0. The Kier molecular flexibility index (Phi) is 4.04. The SMILES string of the molecule is CCNC(c1ccc(C(C)(C)C)cc1)C1C(C)(C)C1(C)C. The van der Waals surface area contributed by atoms with Crippen LogP contribution in [0.4, 0.5) is 0 Å². The molecule has 1 saturated carbocycles. The standard InChI is InChI=1S/C20H33N/c1-9-21-16(17-19(5,6)20(17,7)8)14-10-12-15(13-11-14)18(2,3)4/h10-13,16-17,21H,9H2,1-8H3. The molecular weight excluding hydrogens is 254 g/mol. The Bertz CT molecular complexity index is 474. The van der Waals surface area contributed by atoms with Crippen molar-refractivity contribution >= 4 is 0 Å². The Morgan fingerprint density at radius 3 is 1.81 bits per heavy atom. The van der Waals surface area contributed by atoms with Crippen molar-refractivity contribution < 1.29 is 0 Å². The molecule has 1 aliphatic carbocycles. The fourth-order valence-electron chi connectivity index (χ4n) is 3.92. The lowest BCUT2D eigenvalue weighted by molar-refractivity contribution is 0.418. The third kappa shape index (κ3) is 2.77. The first kappa shape index (κ1) is 16.5. The molecule has 1 unspecified atom stereocenters. The number of hydrogen-bond donors (Lipinski definition) is 1. The van der Waals surface area contributed by atoms with E-state index >= 15 is 0 Å². The Morgan fingerprint density at radius 2 is 1.48 bits per heavy atom. The van der Waals surface area contributed by atoms with Gasteiger partial charge in [-0.3, -0.25) is 0 Å². The molecule has 1 atom stereocenters. The molecule has 0 bridgehead atoms. The van der Waals surface area contributed by atoms with Crippen molar-refractivity contribution in [2.24, 2.45) is 16.7 Å². The van der Waals surface area contributed by atoms with Gasteiger partial charge in [-0.05, 0) is 39.8 Å². The molecule has 2 rings (SSSR count). The smallest absolute Gasteiger partial charge is 0.0359 e. The maximum absolute atomic E-state index is 3.73. The predicted molar refractivity (Wildman–Crippen MR) is 92.6 cm³/mol. The van der Waals surface area contributed by atoms with Crippen molar-refractivity contribution in [3.63, 3.8) is 0 Å². The van der Waals surface area contributed by atoms with Crippen molar-refractivity contribution in [2.45, 2.75) is 66.8 Å². The van der Waals surface area contributed by atoms with Crippen LogP contribution in [0.25, 0.3) is 0 Å². The van der Waals surface area contributed by atoms with Gasteiger partial charge in [0, 0.05) is 6.04 Å². The summed E-state index contributed by atoms with van der Waals surface area (Å²) in [5.74, 6) is 0.699. The molecule has 0 spiro atoms. The molecule has 0 aliphatic heterocycles. The highest BCUT2D eigenvalue weighted by Crippen LogP contribution is 2.72. The van der Waals surface area contributed by atoms with Crippen LogP contribution in [-0.2, 0) is 5.41 Å². The van der Waals surface area contributed by atoms with Gasteiger partial charge in [-0.15, -0.1) is 0 Å². The minimum Gasteiger partial charge on any atom is -0.310 e. The van der Waals surface area contributed by atoms with Crippen LogP contribution >= 0.6 is 0 Å². The molecule has 0 heterocycles. The van der Waals surface area contributed by atoms with E-state index in [1.807, 2.05) is 0 Å². The number of rotatable bonds is 4. The second-order valence-corrected chi connectivity index (χ2v) is 8.83. The molecule has 118 valence electrons. The Morgan fingerprint density at radius 1 is 1.00 bits per heavy atom. The lowest BCUT2D eigenvalue weighted by Gasteiger charge is -2.23. The Labute approximate surface area is 131 Å². The predicted octanol–water partition coefficient (Wildman–Crippen LogP) is 5.32. The van der Waals surface area contributed by atoms with Gasteiger partial charge in [-0.2, -0.15) is 0 Å². The summed E-state index contributed by atoms with van der Waals surface area (Å²) in [4.78, 5) is 0. The van der Waals surface area contributed by atoms with Gasteiger partial charge in [0.25, 0.3) is 0 Å². The van der Waals surface area contributed by atoms with Crippen molar-refractivity contribution in [3.05, 3.63) is 35.4 Å². The summed E-state index contributed by atoms with van der Waals surface area (Å²) in [6.07, 6.45) is 0. The molecule has 21 heavy (non-hydrogen) atoms. The van der Waals surface area contributed by atoms with E-state index in [1.54, 1.807) is 0 Å². The largest absolute Gasteiger partial charge is 0.310 e. The van der Waals surface area contributed by atoms with E-state index in [1.165, 1.54) is 11.1 Å². The summed E-state index contributed by atoms with van der Waals surface area (Å²) in [6.45, 7) is 19.7. The molecule has 0 saturated heterocycles. The first-order chi connectivity index (χ1) is 9.53. The van der Waals surface area contributed by atoms with Gasteiger partial charge in [0.2, 0.25) is 0 Å². The maximum atomic E-state index is 3.73. The highest BCUT2D eigenvalue weighted by atomic mass is 15.0. The molecule has 1 aromatic carbocycles. The summed E-state index contributed by atoms with van der Waals surface area (Å²) in [6, 6.07) is 9.75. The molecular formula is C20H33N. The van der Waals surface area contributed by atoms with Crippen molar-refractivity contribution in [3.8, 4) is 0 Å². The molecule has 1 aromatic rings. The topological polar surface area (TPSA) is 12.0 Å². The van der Waals surface area contributed by atoms with E-state index in [9.17, 15) is 0 Å². The minimum absolute atomic E-state index is 0.227. The van der Waals surface area contributed by atoms with Gasteiger partial charge in [0.1, 0.15) is 0 Å². The van der Waals surface area contributed by atoms with Crippen LogP contribution in [0.3, 0.4) is 0 Å². The number of hydrogen-bond acceptors (Lipinski definition) is 1. The van der Waals surface area contributed by atoms with Gasteiger partial charge in [0.15, 0.2) is 0 Å². The molecule has 1 N–H and O–H groups in total. The Hall–Kier alpha value is -0.820. The third-order valence-corrected chi connectivity index (χ3v) is 6.03. The minimum atomic E-state index is 0.227. The summed E-state index contributed by atoms with van der Waals surface area (Å²) >= 11 is 0. The van der Waals surface area contributed by atoms with E-state index in [4.69, 9.17) is 0 Å². The van der Waals surface area contributed by atoms with Crippen LogP contribution in [0.2, 0.25) is 0 Å². The summed E-state index contributed by atoms with van der Waals surface area (Å²) in [5.41, 5.74) is 3.89. The molecule has 1 aliphatic rings. The third-order valence-electron chi connectivity index (χ3n) is 6.03. The first-order valence-electron chi connectivity index (χ1n) is 8.37. The van der Waals surface area contributed by atoms with Crippen LogP contribution < -0.4 is 5.32 Å². The van der Waals surface area contributed by atoms with Gasteiger partial charge >= 0.3 is 0 Å². The zero-order valence-corrected chi connectivity index (χ0v) is 15.2. The number of nitrogens with one attached hydrogen (secondary N) is 1. The van der Waals surface area contributed by atoms with E-state index < -0.39 is 0 Å². The number of benzene rings is 1. The second kappa shape index (κ2) is 5.12. The van der Waals surface area contributed by atoms with Gasteiger partial charge in [-0.25, -0.2) is 0 Å². The van der Waals surface area contributed by atoms with Crippen molar-refractivity contribution in [2.75, 3.05) is 6.54 Å². The molecule has 1 heteroatoms. The monoisotopic (exact) mass is 287 g/mol. The molecule has 1 nitrogen and oxygen atoms in total. The lowest BCUT2D eigenvalue weighted by atomic mass is 9.85. The van der Waals surface area contributed by atoms with Crippen molar-refractivity contribution in [1.82, 2.24) is 5.32 Å². The second-order valence-electron chi connectivity index (χ2n) is 8.83. The normalized spacial score (nSPS) is 22.1. The van der Waals surface area contributed by atoms with Gasteiger partial charge < -0.3 is 5.32 Å². The van der Waals surface area contributed by atoms with E-state index in [2.05, 4.69) is 85.0 Å². The van der Waals surface area contributed by atoms with Crippen LogP contribution in [0.15, 0.2) is 24.3 Å². The maximum Gasteiger partial charge on any atom is 0.0359 e. The molecule has 0 radical (unpaired) electrons. The van der Waals surface area contributed by atoms with Crippen LogP contribution in [0.5, 0.6) is 0 Å². The lowest BCUT2D eigenvalue weighted by Crippen LogP contribution is -2.25.